The lowest BCUT2D eigenvalue weighted by Crippen LogP contribution is -3.00. The number of hydrogen-bond donors (Lipinski definition) is 4. The zero-order valence-electron chi connectivity index (χ0n) is 18.8. The predicted octanol–water partition coefficient (Wildman–Crippen LogP) is -5.03. The van der Waals surface area contributed by atoms with E-state index < -0.39 is 0 Å². The van der Waals surface area contributed by atoms with Crippen LogP contribution in [-0.4, -0.2) is 107 Å². The summed E-state index contributed by atoms with van der Waals surface area (Å²) < 4.78 is 1.40. The van der Waals surface area contributed by atoms with Crippen molar-refractivity contribution in [1.82, 2.24) is 0 Å². The van der Waals surface area contributed by atoms with E-state index in [2.05, 4.69) is 14.1 Å². The molecule has 0 aromatic heterocycles. The van der Waals surface area contributed by atoms with Crippen LogP contribution >= 0.6 is 0 Å². The summed E-state index contributed by atoms with van der Waals surface area (Å²) in [5.41, 5.74) is 0. The van der Waals surface area contributed by atoms with Crippen LogP contribution in [0, 0.1) is 0 Å². The molecule has 0 aliphatic heterocycles. The van der Waals surface area contributed by atoms with Gasteiger partial charge in [-0.25, -0.2) is 0 Å². The molecule has 0 aliphatic rings. The molecule has 0 bridgehead atoms. The molecule has 8 heteroatoms. The van der Waals surface area contributed by atoms with E-state index in [1.807, 2.05) is 27.7 Å². The number of rotatable bonds is 15. The molecule has 6 nitrogen and oxygen atoms in total. The van der Waals surface area contributed by atoms with Gasteiger partial charge in [-0.2, -0.15) is 0 Å². The number of likely N-dealkylation sites (N-methyl/N-ethyl adjacent to an activating group) is 2. The van der Waals surface area contributed by atoms with E-state index in [1.165, 1.54) is 0 Å². The summed E-state index contributed by atoms with van der Waals surface area (Å²) in [7, 11) is 4.22. The maximum atomic E-state index is 9.73. The molecule has 0 aromatic carbocycles. The number of nitrogens with zero attached hydrogens (tertiary/aromatic N) is 2. The summed E-state index contributed by atoms with van der Waals surface area (Å²) in [6, 6.07) is 0. The second kappa shape index (κ2) is 16.1. The molecule has 0 rings (SSSR count). The average Bonchev–Trinajstić information content (AvgIpc) is 2.38. The molecule has 0 spiro atoms. The minimum absolute atomic E-state index is 0. The summed E-state index contributed by atoms with van der Waals surface area (Å²) in [5, 5.41) is 38.9. The molecule has 0 saturated heterocycles. The van der Waals surface area contributed by atoms with Gasteiger partial charge in [-0.3, -0.25) is 0 Å². The largest absolute Gasteiger partial charge is 1.00 e. The number of halogens is 2. The highest BCUT2D eigenvalue weighted by molar-refractivity contribution is 4.55. The Morgan fingerprint density at radius 1 is 0.500 bits per heavy atom. The summed E-state index contributed by atoms with van der Waals surface area (Å²) in [6.07, 6.45) is 2.94. The van der Waals surface area contributed by atoms with Gasteiger partial charge in [0.15, 0.2) is 0 Å². The Kier molecular flexibility index (Phi) is 19.0. The van der Waals surface area contributed by atoms with Crippen LogP contribution in [0.5, 0.6) is 0 Å². The number of unbranched alkanes of at least 4 members (excludes halogenated alkanes) is 3. The van der Waals surface area contributed by atoms with Crippen molar-refractivity contribution in [3.63, 3.8) is 0 Å². The second-order valence-corrected chi connectivity index (χ2v) is 9.23. The molecule has 28 heavy (non-hydrogen) atoms. The topological polar surface area (TPSA) is 80.9 Å². The quantitative estimate of drug-likeness (QED) is 0.149. The zero-order chi connectivity index (χ0) is 20.4. The molecule has 4 unspecified atom stereocenters. The van der Waals surface area contributed by atoms with Gasteiger partial charge in [-0.05, 0) is 53.4 Å². The summed E-state index contributed by atoms with van der Waals surface area (Å²) in [5.74, 6) is 0. The van der Waals surface area contributed by atoms with Gasteiger partial charge in [0.05, 0.1) is 27.2 Å². The van der Waals surface area contributed by atoms with Gasteiger partial charge in [0, 0.05) is 0 Å². The van der Waals surface area contributed by atoms with Crippen molar-refractivity contribution in [2.24, 2.45) is 0 Å². The highest BCUT2D eigenvalue weighted by Gasteiger charge is 2.26. The van der Waals surface area contributed by atoms with E-state index in [9.17, 15) is 20.4 Å². The van der Waals surface area contributed by atoms with E-state index in [4.69, 9.17) is 0 Å². The van der Waals surface area contributed by atoms with Crippen LogP contribution in [-0.2, 0) is 0 Å². The van der Waals surface area contributed by atoms with E-state index in [-0.39, 0.29) is 49.2 Å². The van der Waals surface area contributed by atoms with Gasteiger partial charge in [-0.1, -0.05) is 0 Å². The van der Waals surface area contributed by atoms with Gasteiger partial charge in [-0.15, -0.1) is 0 Å². The molecule has 0 fully saturated rings. The average molecular weight is 450 g/mol. The van der Waals surface area contributed by atoms with Crippen LogP contribution in [0.2, 0.25) is 0 Å². The van der Waals surface area contributed by atoms with Crippen LogP contribution < -0.4 is 24.8 Å². The third-order valence-electron chi connectivity index (χ3n) is 4.97. The molecular weight excluding hydrogens is 403 g/mol. The number of hydrogen-bond acceptors (Lipinski definition) is 4. The normalized spacial score (nSPS) is 19.9. The van der Waals surface area contributed by atoms with Crippen LogP contribution in [0.25, 0.3) is 0 Å². The minimum Gasteiger partial charge on any atom is -1.00 e. The highest BCUT2D eigenvalue weighted by atomic mass is 35.5. The van der Waals surface area contributed by atoms with E-state index in [0.29, 0.717) is 35.1 Å². The third-order valence-corrected chi connectivity index (χ3v) is 4.97. The van der Waals surface area contributed by atoms with E-state index in [1.54, 1.807) is 0 Å². The van der Waals surface area contributed by atoms with Crippen LogP contribution in [0.4, 0.5) is 0 Å². The Balaban J connectivity index is -0.00000312. The first-order valence-corrected chi connectivity index (χ1v) is 10.3. The first-order chi connectivity index (χ1) is 11.9. The molecule has 0 heterocycles. The number of aliphatic hydroxyl groups is 4. The van der Waals surface area contributed by atoms with Gasteiger partial charge >= 0.3 is 0 Å². The summed E-state index contributed by atoms with van der Waals surface area (Å²) in [4.78, 5) is 0. The minimum atomic E-state index is -0.363. The Morgan fingerprint density at radius 3 is 0.893 bits per heavy atom. The van der Waals surface area contributed by atoms with Gasteiger partial charge in [0.25, 0.3) is 0 Å². The predicted molar refractivity (Wildman–Crippen MR) is 107 cm³/mol. The molecule has 0 radical (unpaired) electrons. The fourth-order valence-corrected chi connectivity index (χ4v) is 4.41. The van der Waals surface area contributed by atoms with Gasteiger partial charge in [0.2, 0.25) is 0 Å². The molecular formula is C20H46Cl2N2O4. The second-order valence-electron chi connectivity index (χ2n) is 9.23. The van der Waals surface area contributed by atoms with Crippen molar-refractivity contribution >= 4 is 0 Å². The maximum absolute atomic E-state index is 9.73. The first-order valence-electron chi connectivity index (χ1n) is 10.3. The fourth-order valence-electron chi connectivity index (χ4n) is 4.41. The van der Waals surface area contributed by atoms with Crippen molar-refractivity contribution in [3.8, 4) is 0 Å². The van der Waals surface area contributed by atoms with Crippen molar-refractivity contribution < 1.29 is 54.2 Å². The van der Waals surface area contributed by atoms with Crippen molar-refractivity contribution in [3.05, 3.63) is 0 Å². The standard InChI is InChI=1S/C20H46N2O4.2ClH/c1-17(23)13-21(5,14-18(2)24)11-9-7-8-10-12-22(6,15-19(3)25)16-20(4)26;;/h17-20,23-26H,7-16H2,1-6H3;2*1H/q+2;;/p-2. The van der Waals surface area contributed by atoms with Crippen molar-refractivity contribution in [2.75, 3.05) is 53.4 Å². The molecule has 0 saturated carbocycles. The van der Waals surface area contributed by atoms with Gasteiger partial charge in [0.1, 0.15) is 50.6 Å². The third kappa shape index (κ3) is 17.2. The zero-order valence-corrected chi connectivity index (χ0v) is 20.3. The SMILES string of the molecule is CC(O)C[N+](C)(CCCCCC[N+](C)(CC(C)O)CC(C)O)CC(C)O.[Cl-].[Cl-]. The molecule has 4 atom stereocenters. The Bertz CT molecular complexity index is 316. The Hall–Kier alpha value is 0.340. The first kappa shape index (κ1) is 33.0. The number of quaternary nitrogens is 2. The monoisotopic (exact) mass is 448 g/mol. The highest BCUT2D eigenvalue weighted by Crippen LogP contribution is 2.14. The molecule has 0 amide bonds. The number of aliphatic hydroxyl groups excluding tert-OH is 4. The smallest absolute Gasteiger partial charge is 0.105 e. The van der Waals surface area contributed by atoms with E-state index >= 15 is 0 Å². The lowest BCUT2D eigenvalue weighted by atomic mass is 10.1. The van der Waals surface area contributed by atoms with Crippen LogP contribution in [0.1, 0.15) is 53.4 Å². The lowest BCUT2D eigenvalue weighted by molar-refractivity contribution is -0.915. The fraction of sp³-hybridized carbons (Fsp3) is 1.00. The van der Waals surface area contributed by atoms with Crippen LogP contribution in [0.15, 0.2) is 0 Å². The molecule has 174 valence electrons. The molecule has 4 N–H and O–H groups in total. The molecule has 0 aromatic rings. The lowest BCUT2D eigenvalue weighted by Gasteiger charge is -2.37. The van der Waals surface area contributed by atoms with Crippen LogP contribution in [0.3, 0.4) is 0 Å². The summed E-state index contributed by atoms with van der Waals surface area (Å²) >= 11 is 0. The summed E-state index contributed by atoms with van der Waals surface area (Å²) in [6.45, 7) is 11.8. The molecule has 0 aliphatic carbocycles. The van der Waals surface area contributed by atoms with Crippen molar-refractivity contribution in [2.45, 2.75) is 77.8 Å². The van der Waals surface area contributed by atoms with Gasteiger partial charge < -0.3 is 54.2 Å². The Morgan fingerprint density at radius 2 is 0.714 bits per heavy atom. The Labute approximate surface area is 185 Å². The van der Waals surface area contributed by atoms with E-state index in [0.717, 1.165) is 38.8 Å². The maximum Gasteiger partial charge on any atom is 0.105 e. The van der Waals surface area contributed by atoms with Crippen molar-refractivity contribution in [1.29, 1.82) is 0 Å².